The molecule has 1 heterocycles. The summed E-state index contributed by atoms with van der Waals surface area (Å²) in [6.07, 6.45) is 0. The van der Waals surface area contributed by atoms with Gasteiger partial charge >= 0.3 is 0 Å². The van der Waals surface area contributed by atoms with Crippen LogP contribution < -0.4 is 10.5 Å². The largest absolute Gasteiger partial charge is 0.459 e. The van der Waals surface area contributed by atoms with Crippen LogP contribution in [0.15, 0.2) is 63.9 Å². The van der Waals surface area contributed by atoms with Crippen molar-refractivity contribution < 1.29 is 17.2 Å². The number of halogens is 2. The predicted octanol–water partition coefficient (Wildman–Crippen LogP) is 4.00. The fourth-order valence-corrected chi connectivity index (χ4v) is 2.93. The zero-order valence-electron chi connectivity index (χ0n) is 12.9. The standard InChI is InChI=1S/C17H14ClFN2O3S/c18-15-9-11(1-7-16(15)19)17-8-4-13(24-17)10-21-12-2-5-14(6-3-12)25(20,22)23/h1-9,21H,10H2,(H2,20,22,23). The topological polar surface area (TPSA) is 85.3 Å². The molecule has 0 saturated heterocycles. The summed E-state index contributed by atoms with van der Waals surface area (Å²) in [6.45, 7) is 0.393. The molecule has 3 N–H and O–H groups in total. The van der Waals surface area contributed by atoms with Crippen LogP contribution in [0.3, 0.4) is 0 Å². The maximum Gasteiger partial charge on any atom is 0.238 e. The smallest absolute Gasteiger partial charge is 0.238 e. The first-order chi connectivity index (χ1) is 11.8. The van der Waals surface area contributed by atoms with Gasteiger partial charge in [0.1, 0.15) is 17.3 Å². The van der Waals surface area contributed by atoms with Crippen molar-refractivity contribution in [2.45, 2.75) is 11.4 Å². The van der Waals surface area contributed by atoms with E-state index in [1.807, 2.05) is 0 Å². The lowest BCUT2D eigenvalue weighted by atomic mass is 10.2. The van der Waals surface area contributed by atoms with Crippen LogP contribution in [0.4, 0.5) is 10.1 Å². The molecule has 3 rings (SSSR count). The Balaban J connectivity index is 1.68. The molecular formula is C17H14ClFN2O3S. The molecule has 0 spiro atoms. The molecular weight excluding hydrogens is 367 g/mol. The molecule has 130 valence electrons. The second-order valence-electron chi connectivity index (χ2n) is 5.32. The molecule has 0 atom stereocenters. The normalized spacial score (nSPS) is 11.5. The van der Waals surface area contributed by atoms with Crippen LogP contribution in [0.2, 0.25) is 5.02 Å². The maximum atomic E-state index is 13.2. The summed E-state index contributed by atoms with van der Waals surface area (Å²) in [4.78, 5) is 0.0477. The van der Waals surface area contributed by atoms with E-state index in [-0.39, 0.29) is 9.92 Å². The minimum Gasteiger partial charge on any atom is -0.459 e. The molecule has 0 bridgehead atoms. The molecule has 0 aliphatic carbocycles. The van der Waals surface area contributed by atoms with Crippen LogP contribution in [0.1, 0.15) is 5.76 Å². The lowest BCUT2D eigenvalue weighted by Gasteiger charge is -2.05. The van der Waals surface area contributed by atoms with Crippen LogP contribution in [-0.4, -0.2) is 8.42 Å². The minimum absolute atomic E-state index is 0.0310. The predicted molar refractivity (Wildman–Crippen MR) is 94.3 cm³/mol. The van der Waals surface area contributed by atoms with Gasteiger partial charge in [0.05, 0.1) is 16.5 Å². The molecule has 0 aliphatic heterocycles. The molecule has 8 heteroatoms. The molecule has 0 aliphatic rings. The highest BCUT2D eigenvalue weighted by Gasteiger charge is 2.09. The summed E-state index contributed by atoms with van der Waals surface area (Å²) >= 11 is 5.78. The van der Waals surface area contributed by atoms with E-state index in [2.05, 4.69) is 5.32 Å². The van der Waals surface area contributed by atoms with Gasteiger partial charge in [0.15, 0.2) is 0 Å². The van der Waals surface area contributed by atoms with Gasteiger partial charge in [-0.2, -0.15) is 0 Å². The van der Waals surface area contributed by atoms with E-state index in [0.29, 0.717) is 23.6 Å². The summed E-state index contributed by atoms with van der Waals surface area (Å²) < 4.78 is 41.3. The number of nitrogens with two attached hydrogens (primary N) is 1. The third kappa shape index (κ3) is 4.19. The first-order valence-electron chi connectivity index (χ1n) is 7.24. The Kier molecular flexibility index (Phi) is 4.80. The first kappa shape index (κ1) is 17.5. The Bertz CT molecular complexity index is 1000. The van der Waals surface area contributed by atoms with Crippen LogP contribution >= 0.6 is 11.6 Å². The molecule has 25 heavy (non-hydrogen) atoms. The maximum absolute atomic E-state index is 13.2. The highest BCUT2D eigenvalue weighted by molar-refractivity contribution is 7.89. The number of hydrogen-bond acceptors (Lipinski definition) is 4. The minimum atomic E-state index is -3.70. The van der Waals surface area contributed by atoms with Gasteiger partial charge in [-0.05, 0) is 54.6 Å². The summed E-state index contributed by atoms with van der Waals surface area (Å²) in [7, 11) is -3.70. The zero-order valence-corrected chi connectivity index (χ0v) is 14.4. The molecule has 0 saturated carbocycles. The highest BCUT2D eigenvalue weighted by atomic mass is 35.5. The molecule has 5 nitrogen and oxygen atoms in total. The van der Waals surface area contributed by atoms with Crippen molar-refractivity contribution in [3.63, 3.8) is 0 Å². The monoisotopic (exact) mass is 380 g/mol. The van der Waals surface area contributed by atoms with Crippen molar-refractivity contribution in [2.75, 3.05) is 5.32 Å². The van der Waals surface area contributed by atoms with E-state index in [1.165, 1.54) is 24.3 Å². The number of furan rings is 1. The van der Waals surface area contributed by atoms with Crippen LogP contribution in [0.5, 0.6) is 0 Å². The second-order valence-corrected chi connectivity index (χ2v) is 7.29. The molecule has 0 amide bonds. The van der Waals surface area contributed by atoms with Crippen molar-refractivity contribution in [3.05, 3.63) is 71.2 Å². The quantitative estimate of drug-likeness (QED) is 0.700. The first-order valence-corrected chi connectivity index (χ1v) is 9.16. The number of sulfonamides is 1. The van der Waals surface area contributed by atoms with E-state index in [0.717, 1.165) is 5.69 Å². The van der Waals surface area contributed by atoms with Gasteiger partial charge in [-0.15, -0.1) is 0 Å². The molecule has 0 fully saturated rings. The lowest BCUT2D eigenvalue weighted by Crippen LogP contribution is -2.11. The van der Waals surface area contributed by atoms with E-state index in [4.69, 9.17) is 21.2 Å². The fraction of sp³-hybridized carbons (Fsp3) is 0.0588. The summed E-state index contributed by atoms with van der Waals surface area (Å²) in [6, 6.07) is 14.0. The Morgan fingerprint density at radius 1 is 1.08 bits per heavy atom. The highest BCUT2D eigenvalue weighted by Crippen LogP contribution is 2.27. The van der Waals surface area contributed by atoms with Crippen molar-refractivity contribution in [3.8, 4) is 11.3 Å². The van der Waals surface area contributed by atoms with Gasteiger partial charge in [0.2, 0.25) is 10.0 Å². The zero-order chi connectivity index (χ0) is 18.0. The van der Waals surface area contributed by atoms with Crippen molar-refractivity contribution in [1.82, 2.24) is 0 Å². The number of nitrogens with one attached hydrogen (secondary N) is 1. The summed E-state index contributed by atoms with van der Waals surface area (Å²) in [5, 5.41) is 8.19. The molecule has 0 radical (unpaired) electrons. The molecule has 1 aromatic heterocycles. The Hall–Kier alpha value is -2.35. The molecule has 3 aromatic rings. The van der Waals surface area contributed by atoms with Gasteiger partial charge < -0.3 is 9.73 Å². The van der Waals surface area contributed by atoms with Crippen molar-refractivity contribution in [2.24, 2.45) is 5.14 Å². The summed E-state index contributed by atoms with van der Waals surface area (Å²) in [5.41, 5.74) is 1.39. The fourth-order valence-electron chi connectivity index (χ4n) is 2.23. The van der Waals surface area contributed by atoms with E-state index in [9.17, 15) is 12.8 Å². The number of anilines is 1. The molecule has 2 aromatic carbocycles. The Morgan fingerprint density at radius 2 is 1.80 bits per heavy atom. The van der Waals surface area contributed by atoms with Crippen LogP contribution in [-0.2, 0) is 16.6 Å². The van der Waals surface area contributed by atoms with Crippen molar-refractivity contribution >= 4 is 27.3 Å². The number of benzene rings is 2. The van der Waals surface area contributed by atoms with Gasteiger partial charge in [0, 0.05) is 11.3 Å². The van der Waals surface area contributed by atoms with Crippen molar-refractivity contribution in [1.29, 1.82) is 0 Å². The summed E-state index contributed by atoms with van der Waals surface area (Å²) in [5.74, 6) is 0.746. The number of hydrogen-bond donors (Lipinski definition) is 2. The Morgan fingerprint density at radius 3 is 2.44 bits per heavy atom. The second kappa shape index (κ2) is 6.87. The van der Waals surface area contributed by atoms with E-state index < -0.39 is 15.8 Å². The lowest BCUT2D eigenvalue weighted by molar-refractivity contribution is 0.531. The van der Waals surface area contributed by atoms with Crippen LogP contribution in [0, 0.1) is 5.82 Å². The van der Waals surface area contributed by atoms with Crippen LogP contribution in [0.25, 0.3) is 11.3 Å². The van der Waals surface area contributed by atoms with E-state index in [1.54, 1.807) is 30.3 Å². The van der Waals surface area contributed by atoms with Gasteiger partial charge in [-0.1, -0.05) is 11.6 Å². The van der Waals surface area contributed by atoms with Gasteiger partial charge in [-0.25, -0.2) is 17.9 Å². The average molecular weight is 381 g/mol. The van der Waals surface area contributed by atoms with Gasteiger partial charge in [0.25, 0.3) is 0 Å². The molecule has 0 unspecified atom stereocenters. The average Bonchev–Trinajstić information content (AvgIpc) is 3.04. The number of rotatable bonds is 5. The Labute approximate surface area is 149 Å². The third-order valence-electron chi connectivity index (χ3n) is 3.52. The SMILES string of the molecule is NS(=O)(=O)c1ccc(NCc2ccc(-c3ccc(F)c(Cl)c3)o2)cc1. The van der Waals surface area contributed by atoms with Gasteiger partial charge in [-0.3, -0.25) is 0 Å². The third-order valence-corrected chi connectivity index (χ3v) is 4.73. The number of primary sulfonamides is 1. The van der Waals surface area contributed by atoms with E-state index >= 15 is 0 Å².